The van der Waals surface area contributed by atoms with E-state index in [0.717, 1.165) is 32.4 Å². The molecule has 1 rings (SSSR count). The van der Waals surface area contributed by atoms with Crippen molar-refractivity contribution in [2.75, 3.05) is 31.1 Å². The van der Waals surface area contributed by atoms with Crippen molar-refractivity contribution in [2.24, 2.45) is 5.92 Å². The van der Waals surface area contributed by atoms with E-state index in [2.05, 4.69) is 37.9 Å². The highest BCUT2D eigenvalue weighted by Crippen LogP contribution is 2.25. The zero-order valence-corrected chi connectivity index (χ0v) is 15.3. The second-order valence-corrected chi connectivity index (χ2v) is 9.33. The number of piperazine rings is 1. The SMILES string of the molecule is CCC1(CC)CN(CCS(=O)(=O)CC)C(CC(C)C)CN1. The van der Waals surface area contributed by atoms with E-state index in [9.17, 15) is 8.42 Å². The summed E-state index contributed by atoms with van der Waals surface area (Å²) in [4.78, 5) is 2.43. The fourth-order valence-corrected chi connectivity index (χ4v) is 4.00. The van der Waals surface area contributed by atoms with Crippen LogP contribution in [0.5, 0.6) is 0 Å². The number of hydrogen-bond donors (Lipinski definition) is 1. The van der Waals surface area contributed by atoms with Crippen molar-refractivity contribution in [1.82, 2.24) is 10.2 Å². The molecule has 1 atom stereocenters. The highest BCUT2D eigenvalue weighted by molar-refractivity contribution is 7.91. The molecular weight excluding hydrogens is 284 g/mol. The fraction of sp³-hybridized carbons (Fsp3) is 1.00. The van der Waals surface area contributed by atoms with Crippen molar-refractivity contribution in [3.8, 4) is 0 Å². The molecule has 0 bridgehead atoms. The summed E-state index contributed by atoms with van der Waals surface area (Å²) in [5.41, 5.74) is 0.156. The highest BCUT2D eigenvalue weighted by Gasteiger charge is 2.36. The van der Waals surface area contributed by atoms with Gasteiger partial charge in [0.1, 0.15) is 0 Å². The van der Waals surface area contributed by atoms with E-state index < -0.39 is 9.84 Å². The summed E-state index contributed by atoms with van der Waals surface area (Å²) >= 11 is 0. The Morgan fingerprint density at radius 1 is 1.24 bits per heavy atom. The smallest absolute Gasteiger partial charge is 0.151 e. The number of rotatable bonds is 8. The Morgan fingerprint density at radius 3 is 2.33 bits per heavy atom. The molecule has 1 aliphatic rings. The van der Waals surface area contributed by atoms with Crippen LogP contribution < -0.4 is 5.32 Å². The van der Waals surface area contributed by atoms with Gasteiger partial charge in [0, 0.05) is 37.0 Å². The lowest BCUT2D eigenvalue weighted by Crippen LogP contribution is -2.64. The van der Waals surface area contributed by atoms with E-state index in [0.29, 0.717) is 24.3 Å². The lowest BCUT2D eigenvalue weighted by molar-refractivity contribution is 0.0675. The molecule has 1 fully saturated rings. The Kier molecular flexibility index (Phi) is 7.14. The van der Waals surface area contributed by atoms with Crippen molar-refractivity contribution in [3.05, 3.63) is 0 Å². The first-order valence-corrected chi connectivity index (χ1v) is 10.3. The van der Waals surface area contributed by atoms with Crippen LogP contribution in [-0.4, -0.2) is 56.0 Å². The third-order valence-corrected chi connectivity index (χ3v) is 6.65. The topological polar surface area (TPSA) is 49.4 Å². The second-order valence-electron chi connectivity index (χ2n) is 6.86. The molecule has 0 aromatic rings. The molecule has 126 valence electrons. The van der Waals surface area contributed by atoms with Crippen LogP contribution in [0.3, 0.4) is 0 Å². The Balaban J connectivity index is 2.78. The van der Waals surface area contributed by atoms with E-state index in [1.54, 1.807) is 6.92 Å². The van der Waals surface area contributed by atoms with Crippen LogP contribution in [0.2, 0.25) is 0 Å². The quantitative estimate of drug-likeness (QED) is 0.746. The Bertz CT molecular complexity index is 403. The molecule has 0 aliphatic carbocycles. The number of sulfone groups is 1. The van der Waals surface area contributed by atoms with Crippen LogP contribution in [0.25, 0.3) is 0 Å². The average molecular weight is 319 g/mol. The van der Waals surface area contributed by atoms with E-state index in [1.807, 2.05) is 0 Å². The molecule has 4 nitrogen and oxygen atoms in total. The number of nitrogens with one attached hydrogen (secondary N) is 1. The number of hydrogen-bond acceptors (Lipinski definition) is 4. The van der Waals surface area contributed by atoms with Crippen molar-refractivity contribution in [1.29, 1.82) is 0 Å². The van der Waals surface area contributed by atoms with Crippen LogP contribution in [0.4, 0.5) is 0 Å². The van der Waals surface area contributed by atoms with Crippen LogP contribution in [0.1, 0.15) is 53.9 Å². The molecule has 1 saturated heterocycles. The van der Waals surface area contributed by atoms with Gasteiger partial charge in [-0.05, 0) is 25.2 Å². The fourth-order valence-electron chi connectivity index (χ4n) is 3.20. The molecule has 1 unspecified atom stereocenters. The Labute approximate surface area is 131 Å². The summed E-state index contributed by atoms with van der Waals surface area (Å²) in [7, 11) is -2.88. The van der Waals surface area contributed by atoms with Gasteiger partial charge in [0.2, 0.25) is 0 Å². The lowest BCUT2D eigenvalue weighted by atomic mass is 9.87. The summed E-state index contributed by atoms with van der Waals surface area (Å²) in [6.07, 6.45) is 3.31. The largest absolute Gasteiger partial charge is 0.308 e. The Morgan fingerprint density at radius 2 is 1.86 bits per heavy atom. The van der Waals surface area contributed by atoms with Crippen LogP contribution in [-0.2, 0) is 9.84 Å². The van der Waals surface area contributed by atoms with Crippen LogP contribution in [0, 0.1) is 5.92 Å². The van der Waals surface area contributed by atoms with E-state index in [4.69, 9.17) is 0 Å². The van der Waals surface area contributed by atoms with Gasteiger partial charge in [-0.15, -0.1) is 0 Å². The monoisotopic (exact) mass is 318 g/mol. The Hall–Kier alpha value is -0.130. The van der Waals surface area contributed by atoms with E-state index >= 15 is 0 Å². The van der Waals surface area contributed by atoms with Gasteiger partial charge in [0.05, 0.1) is 5.75 Å². The molecule has 0 aromatic heterocycles. The molecule has 1 aliphatic heterocycles. The minimum absolute atomic E-state index is 0.156. The van der Waals surface area contributed by atoms with Gasteiger partial charge in [-0.3, -0.25) is 4.90 Å². The maximum Gasteiger partial charge on any atom is 0.151 e. The first-order valence-electron chi connectivity index (χ1n) is 8.47. The predicted octanol–water partition coefficient (Wildman–Crippen LogP) is 2.30. The summed E-state index contributed by atoms with van der Waals surface area (Å²) in [5.74, 6) is 1.18. The minimum atomic E-state index is -2.88. The van der Waals surface area contributed by atoms with Gasteiger partial charge in [-0.1, -0.05) is 34.6 Å². The van der Waals surface area contributed by atoms with E-state index in [1.165, 1.54) is 0 Å². The van der Waals surface area contributed by atoms with Gasteiger partial charge in [0.15, 0.2) is 9.84 Å². The molecule has 1 N–H and O–H groups in total. The van der Waals surface area contributed by atoms with E-state index in [-0.39, 0.29) is 11.3 Å². The summed E-state index contributed by atoms with van der Waals surface area (Å²) in [6, 6.07) is 0.461. The maximum atomic E-state index is 11.8. The van der Waals surface area contributed by atoms with Gasteiger partial charge in [0.25, 0.3) is 0 Å². The maximum absolute atomic E-state index is 11.8. The predicted molar refractivity (Wildman–Crippen MR) is 90.5 cm³/mol. The van der Waals surface area contributed by atoms with Crippen molar-refractivity contribution >= 4 is 9.84 Å². The zero-order chi connectivity index (χ0) is 16.1. The van der Waals surface area contributed by atoms with Crippen molar-refractivity contribution in [2.45, 2.75) is 65.5 Å². The molecule has 1 heterocycles. The molecule has 0 spiro atoms. The third-order valence-electron chi connectivity index (χ3n) is 4.96. The molecule has 5 heteroatoms. The number of nitrogens with zero attached hydrogens (tertiary/aromatic N) is 1. The minimum Gasteiger partial charge on any atom is -0.308 e. The molecule has 0 aromatic carbocycles. The lowest BCUT2D eigenvalue weighted by Gasteiger charge is -2.48. The summed E-state index contributed by atoms with van der Waals surface area (Å²) < 4.78 is 23.7. The molecule has 0 amide bonds. The normalized spacial score (nSPS) is 23.6. The summed E-state index contributed by atoms with van der Waals surface area (Å²) in [5, 5.41) is 3.74. The van der Waals surface area contributed by atoms with Gasteiger partial charge in [-0.25, -0.2) is 8.42 Å². The molecular formula is C16H34N2O2S. The van der Waals surface area contributed by atoms with Crippen molar-refractivity contribution in [3.63, 3.8) is 0 Å². The van der Waals surface area contributed by atoms with Crippen LogP contribution in [0.15, 0.2) is 0 Å². The van der Waals surface area contributed by atoms with Crippen molar-refractivity contribution < 1.29 is 8.42 Å². The van der Waals surface area contributed by atoms with Crippen LogP contribution >= 0.6 is 0 Å². The third kappa shape index (κ3) is 5.53. The van der Waals surface area contributed by atoms with Gasteiger partial charge < -0.3 is 5.32 Å². The first-order chi connectivity index (χ1) is 9.77. The molecule has 21 heavy (non-hydrogen) atoms. The first kappa shape index (κ1) is 18.9. The summed E-state index contributed by atoms with van der Waals surface area (Å²) in [6.45, 7) is 13.3. The molecule has 0 saturated carbocycles. The average Bonchev–Trinajstić information content (AvgIpc) is 2.46. The zero-order valence-electron chi connectivity index (χ0n) is 14.5. The highest BCUT2D eigenvalue weighted by atomic mass is 32.2. The van der Waals surface area contributed by atoms with Gasteiger partial charge >= 0.3 is 0 Å². The van der Waals surface area contributed by atoms with Gasteiger partial charge in [-0.2, -0.15) is 0 Å². The second kappa shape index (κ2) is 7.93. The molecule has 0 radical (unpaired) electrons. The standard InChI is InChI=1S/C16H34N2O2S/c1-6-16(7-2)13-18(9-10-21(19,20)8-3)15(12-17-16)11-14(4)5/h14-15,17H,6-13H2,1-5H3.